The van der Waals surface area contributed by atoms with Gasteiger partial charge in [0, 0.05) is 5.56 Å². The van der Waals surface area contributed by atoms with E-state index in [1.165, 1.54) is 18.2 Å². The molecule has 1 aromatic carbocycles. The molecule has 94 valence electrons. The van der Waals surface area contributed by atoms with Gasteiger partial charge in [-0.2, -0.15) is 5.10 Å². The molecule has 0 saturated carbocycles. The number of anilines is 1. The number of nitrogens with two attached hydrogens (primary N) is 1. The molecule has 0 aliphatic carbocycles. The Morgan fingerprint density at radius 1 is 1.50 bits per heavy atom. The van der Waals surface area contributed by atoms with Crippen molar-refractivity contribution < 1.29 is 14.3 Å². The molecule has 0 fully saturated rings. The molecule has 0 amide bonds. The van der Waals surface area contributed by atoms with Gasteiger partial charge in [-0.25, -0.2) is 13.9 Å². The predicted molar refractivity (Wildman–Crippen MR) is 64.3 cm³/mol. The highest BCUT2D eigenvalue weighted by Gasteiger charge is 2.21. The van der Waals surface area contributed by atoms with Gasteiger partial charge in [-0.1, -0.05) is 19.1 Å². The van der Waals surface area contributed by atoms with Crippen molar-refractivity contribution >= 4 is 11.8 Å². The molecule has 0 unspecified atom stereocenters. The van der Waals surface area contributed by atoms with Crippen molar-refractivity contribution in [3.63, 3.8) is 0 Å². The molecule has 2 rings (SSSR count). The number of hydrogen-bond donors (Lipinski definition) is 2. The van der Waals surface area contributed by atoms with Gasteiger partial charge in [-0.3, -0.25) is 0 Å². The minimum absolute atomic E-state index is 0.136. The summed E-state index contributed by atoms with van der Waals surface area (Å²) in [6, 6.07) is 5.93. The number of carbonyl (C=O) groups is 1. The van der Waals surface area contributed by atoms with Gasteiger partial charge >= 0.3 is 5.97 Å². The molecule has 0 aliphatic heterocycles. The molecule has 0 bridgehead atoms. The summed E-state index contributed by atoms with van der Waals surface area (Å²) in [5.41, 5.74) is 6.23. The zero-order valence-electron chi connectivity index (χ0n) is 9.72. The predicted octanol–water partition coefficient (Wildman–Crippen LogP) is 1.85. The maximum atomic E-state index is 13.6. The van der Waals surface area contributed by atoms with E-state index in [1.807, 2.05) is 0 Å². The van der Waals surface area contributed by atoms with Gasteiger partial charge in [0.05, 0.1) is 0 Å². The number of aromatic nitrogens is 2. The monoisotopic (exact) mass is 249 g/mol. The molecule has 2 aromatic rings. The van der Waals surface area contributed by atoms with Crippen LogP contribution in [0.5, 0.6) is 0 Å². The van der Waals surface area contributed by atoms with E-state index in [-0.39, 0.29) is 17.2 Å². The number of rotatable bonds is 3. The van der Waals surface area contributed by atoms with Crippen LogP contribution >= 0.6 is 0 Å². The molecule has 18 heavy (non-hydrogen) atoms. The third kappa shape index (κ3) is 1.81. The number of halogens is 1. The van der Waals surface area contributed by atoms with Crippen molar-refractivity contribution in [2.75, 3.05) is 5.73 Å². The van der Waals surface area contributed by atoms with Crippen molar-refractivity contribution in [3.05, 3.63) is 41.3 Å². The lowest BCUT2D eigenvalue weighted by Gasteiger charge is -2.05. The van der Waals surface area contributed by atoms with E-state index in [9.17, 15) is 9.18 Å². The Balaban J connectivity index is 2.67. The van der Waals surface area contributed by atoms with Crippen LogP contribution in [0.15, 0.2) is 24.3 Å². The van der Waals surface area contributed by atoms with E-state index < -0.39 is 11.8 Å². The van der Waals surface area contributed by atoms with E-state index in [4.69, 9.17) is 10.8 Å². The maximum absolute atomic E-state index is 13.6. The van der Waals surface area contributed by atoms with Crippen LogP contribution in [-0.4, -0.2) is 20.9 Å². The first-order valence-electron chi connectivity index (χ1n) is 5.41. The smallest absolute Gasteiger partial charge is 0.356 e. The minimum atomic E-state index is -1.17. The number of aromatic carboxylic acids is 1. The minimum Gasteiger partial charge on any atom is -0.476 e. The van der Waals surface area contributed by atoms with Crippen LogP contribution in [0.3, 0.4) is 0 Å². The number of carboxylic acid groups (broad SMARTS) is 1. The van der Waals surface area contributed by atoms with E-state index in [0.717, 1.165) is 4.68 Å². The number of benzene rings is 1. The Morgan fingerprint density at radius 2 is 2.17 bits per heavy atom. The third-order valence-corrected chi connectivity index (χ3v) is 2.66. The van der Waals surface area contributed by atoms with Crippen LogP contribution in [0.25, 0.3) is 5.69 Å². The highest BCUT2D eigenvalue weighted by Crippen LogP contribution is 2.23. The highest BCUT2D eigenvalue weighted by molar-refractivity contribution is 5.89. The van der Waals surface area contributed by atoms with Gasteiger partial charge in [0.25, 0.3) is 0 Å². The Hall–Kier alpha value is -2.37. The molecule has 0 spiro atoms. The number of carboxylic acids is 1. The summed E-state index contributed by atoms with van der Waals surface area (Å²) in [5.74, 6) is -1.53. The van der Waals surface area contributed by atoms with Crippen molar-refractivity contribution in [1.29, 1.82) is 0 Å². The number of para-hydroxylation sites is 1. The molecular formula is C12H12FN3O2. The number of nitrogen functional groups attached to an aromatic ring is 1. The normalized spacial score (nSPS) is 10.6. The molecule has 0 aliphatic rings. The quantitative estimate of drug-likeness (QED) is 0.869. The maximum Gasteiger partial charge on any atom is 0.356 e. The average molecular weight is 249 g/mol. The molecule has 6 heteroatoms. The summed E-state index contributed by atoms with van der Waals surface area (Å²) in [6.07, 6.45) is 0.419. The van der Waals surface area contributed by atoms with Crippen LogP contribution < -0.4 is 5.73 Å². The summed E-state index contributed by atoms with van der Waals surface area (Å²) in [4.78, 5) is 11.0. The zero-order chi connectivity index (χ0) is 13.3. The number of nitrogens with zero attached hydrogens (tertiary/aromatic N) is 2. The first kappa shape index (κ1) is 12.1. The molecular weight excluding hydrogens is 237 g/mol. The van der Waals surface area contributed by atoms with Crippen molar-refractivity contribution in [2.45, 2.75) is 13.3 Å². The Kier molecular flexibility index (Phi) is 3.01. The second-order valence-corrected chi connectivity index (χ2v) is 3.73. The summed E-state index contributed by atoms with van der Waals surface area (Å²) in [7, 11) is 0. The number of hydrogen-bond acceptors (Lipinski definition) is 3. The average Bonchev–Trinajstić information content (AvgIpc) is 2.67. The van der Waals surface area contributed by atoms with Crippen LogP contribution in [-0.2, 0) is 6.42 Å². The Bertz CT molecular complexity index is 607. The molecule has 0 atom stereocenters. The topological polar surface area (TPSA) is 81.1 Å². The van der Waals surface area contributed by atoms with E-state index in [1.54, 1.807) is 13.0 Å². The summed E-state index contributed by atoms with van der Waals surface area (Å²) in [5, 5.41) is 12.9. The first-order valence-corrected chi connectivity index (χ1v) is 5.41. The van der Waals surface area contributed by atoms with Gasteiger partial charge in [0.2, 0.25) is 0 Å². The Labute approximate surface area is 103 Å². The van der Waals surface area contributed by atoms with Gasteiger partial charge in [-0.05, 0) is 18.6 Å². The molecule has 3 N–H and O–H groups in total. The molecule has 0 radical (unpaired) electrons. The van der Waals surface area contributed by atoms with Gasteiger partial charge < -0.3 is 10.8 Å². The largest absolute Gasteiger partial charge is 0.476 e. The van der Waals surface area contributed by atoms with E-state index >= 15 is 0 Å². The third-order valence-electron chi connectivity index (χ3n) is 2.66. The summed E-state index contributed by atoms with van der Waals surface area (Å²) < 4.78 is 14.8. The fourth-order valence-corrected chi connectivity index (χ4v) is 1.79. The van der Waals surface area contributed by atoms with Crippen molar-refractivity contribution in [1.82, 2.24) is 9.78 Å². The first-order chi connectivity index (χ1) is 8.56. The molecule has 1 aromatic heterocycles. The van der Waals surface area contributed by atoms with Crippen molar-refractivity contribution in [3.8, 4) is 5.69 Å². The van der Waals surface area contributed by atoms with Crippen LogP contribution in [0.2, 0.25) is 0 Å². The van der Waals surface area contributed by atoms with Gasteiger partial charge in [0.15, 0.2) is 5.69 Å². The second kappa shape index (κ2) is 4.48. The lowest BCUT2D eigenvalue weighted by atomic mass is 10.2. The van der Waals surface area contributed by atoms with Gasteiger partial charge in [0.1, 0.15) is 17.3 Å². The fourth-order valence-electron chi connectivity index (χ4n) is 1.79. The van der Waals surface area contributed by atoms with Crippen LogP contribution in [0.4, 0.5) is 10.2 Å². The van der Waals surface area contributed by atoms with E-state index in [2.05, 4.69) is 5.10 Å². The van der Waals surface area contributed by atoms with Gasteiger partial charge in [-0.15, -0.1) is 0 Å². The van der Waals surface area contributed by atoms with Crippen LogP contribution in [0.1, 0.15) is 23.0 Å². The van der Waals surface area contributed by atoms with Crippen LogP contribution in [0, 0.1) is 5.82 Å². The summed E-state index contributed by atoms with van der Waals surface area (Å²) >= 11 is 0. The molecule has 1 heterocycles. The zero-order valence-corrected chi connectivity index (χ0v) is 9.72. The molecule has 0 saturated heterocycles. The second-order valence-electron chi connectivity index (χ2n) is 3.73. The van der Waals surface area contributed by atoms with Crippen molar-refractivity contribution in [2.24, 2.45) is 0 Å². The van der Waals surface area contributed by atoms with E-state index in [0.29, 0.717) is 12.0 Å². The fraction of sp³-hybridized carbons (Fsp3) is 0.167. The lowest BCUT2D eigenvalue weighted by molar-refractivity contribution is 0.0689. The lowest BCUT2D eigenvalue weighted by Crippen LogP contribution is -2.05. The molecule has 5 nitrogen and oxygen atoms in total. The SMILES string of the molecule is CCc1c(C(=O)O)nn(-c2ccccc2F)c1N. The highest BCUT2D eigenvalue weighted by atomic mass is 19.1. The standard InChI is InChI=1S/C12H12FN3O2/c1-2-7-10(12(17)18)15-16(11(7)14)9-6-4-3-5-8(9)13/h3-6H,2,14H2,1H3,(H,17,18). The summed E-state index contributed by atoms with van der Waals surface area (Å²) in [6.45, 7) is 1.77. The Morgan fingerprint density at radius 3 is 2.67 bits per heavy atom.